The second kappa shape index (κ2) is 14.1. The van der Waals surface area contributed by atoms with Crippen LogP contribution in [0.25, 0.3) is 22.3 Å². The summed E-state index contributed by atoms with van der Waals surface area (Å²) in [6.07, 6.45) is 4.91. The van der Waals surface area contributed by atoms with Crippen molar-refractivity contribution in [2.45, 2.75) is 77.7 Å². The first-order valence-corrected chi connectivity index (χ1v) is 18.4. The largest absolute Gasteiger partial charge is 0.508 e. The number of hydrogen-bond acceptors (Lipinski definition) is 11. The summed E-state index contributed by atoms with van der Waals surface area (Å²) in [5, 5.41) is 77.1. The molecule has 0 unspecified atom stereocenters. The van der Waals surface area contributed by atoms with E-state index in [0.717, 1.165) is 23.8 Å². The van der Waals surface area contributed by atoms with E-state index in [1.54, 1.807) is 25.1 Å². The van der Waals surface area contributed by atoms with Crippen molar-refractivity contribution < 1.29 is 49.7 Å². The number of carbonyl (C=O) groups is 1. The predicted molar refractivity (Wildman–Crippen MR) is 210 cm³/mol. The molecule has 2 aliphatic rings. The normalized spacial score (nSPS) is 18.8. The fraction of sp³-hybridized carbons (Fsp3) is 0.289. The van der Waals surface area contributed by atoms with Crippen LogP contribution in [-0.4, -0.2) is 47.1 Å². The van der Waals surface area contributed by atoms with E-state index in [4.69, 9.17) is 9.15 Å². The molecule has 7 rings (SSSR count). The summed E-state index contributed by atoms with van der Waals surface area (Å²) in [4.78, 5) is 29.4. The quantitative estimate of drug-likeness (QED) is 0.0618. The van der Waals surface area contributed by atoms with E-state index in [2.05, 4.69) is 0 Å². The molecule has 0 radical (unpaired) electrons. The molecule has 0 saturated carbocycles. The summed E-state index contributed by atoms with van der Waals surface area (Å²) >= 11 is 0. The van der Waals surface area contributed by atoms with Crippen LogP contribution in [0.5, 0.6) is 46.0 Å². The van der Waals surface area contributed by atoms with Crippen LogP contribution in [0, 0.1) is 5.92 Å². The highest BCUT2D eigenvalue weighted by atomic mass is 16.5. The molecule has 0 bridgehead atoms. The van der Waals surface area contributed by atoms with Crippen LogP contribution in [0.3, 0.4) is 0 Å². The number of allylic oxidation sites excluding steroid dienone is 4. The second-order valence-corrected chi connectivity index (χ2v) is 15.7. The summed E-state index contributed by atoms with van der Waals surface area (Å²) in [7, 11) is 0. The summed E-state index contributed by atoms with van der Waals surface area (Å²) in [6, 6.07) is 12.0. The molecule has 5 aromatic rings. The average Bonchev–Trinajstić information content (AvgIpc) is 3.10. The number of carbonyl (C=O) groups excluding carboxylic acids is 1. The molecule has 0 saturated heterocycles. The van der Waals surface area contributed by atoms with E-state index in [0.29, 0.717) is 29.7 Å². The van der Waals surface area contributed by atoms with Gasteiger partial charge in [-0.3, -0.25) is 9.59 Å². The maximum absolute atomic E-state index is 14.9. The molecule has 11 nitrogen and oxygen atoms in total. The Morgan fingerprint density at radius 2 is 1.57 bits per heavy atom. The smallest absolute Gasteiger partial charge is 0.200 e. The number of phenolic OH excluding ortho intramolecular Hbond substituents is 7. The number of phenols is 7. The van der Waals surface area contributed by atoms with E-state index in [-0.39, 0.29) is 86.1 Å². The maximum Gasteiger partial charge on any atom is 0.200 e. The average molecular weight is 761 g/mol. The van der Waals surface area contributed by atoms with Crippen molar-refractivity contribution in [3.05, 3.63) is 116 Å². The van der Waals surface area contributed by atoms with Gasteiger partial charge in [-0.15, -0.1) is 0 Å². The fourth-order valence-electron chi connectivity index (χ4n) is 8.21. The zero-order valence-corrected chi connectivity index (χ0v) is 31.7. The van der Waals surface area contributed by atoms with Gasteiger partial charge in [-0.2, -0.15) is 0 Å². The SMILES string of the molecule is CC(C)=CCc1c(-c2ccc(O)cc2O)oc2c([C@H]3C=C(C)C[C@H](C(=O)c4ccc5c(c4O)CCC(C)(C)O5)[C@H]3c3ccc(O)cc3O)c(O)cc(O)c2c1=O. The molecule has 1 aliphatic heterocycles. The molecule has 7 N–H and O–H groups in total. The third-order valence-corrected chi connectivity index (χ3v) is 10.9. The highest BCUT2D eigenvalue weighted by Crippen LogP contribution is 2.55. The third-order valence-electron chi connectivity index (χ3n) is 10.9. The number of aromatic hydroxyl groups is 7. The number of ether oxygens (including phenoxy) is 1. The van der Waals surface area contributed by atoms with Crippen molar-refractivity contribution in [1.29, 1.82) is 0 Å². The van der Waals surface area contributed by atoms with Gasteiger partial charge in [0.1, 0.15) is 68.3 Å². The predicted octanol–water partition coefficient (Wildman–Crippen LogP) is 8.73. The highest BCUT2D eigenvalue weighted by Gasteiger charge is 2.44. The lowest BCUT2D eigenvalue weighted by Gasteiger charge is -2.38. The van der Waals surface area contributed by atoms with Crippen molar-refractivity contribution in [2.75, 3.05) is 0 Å². The Labute approximate surface area is 322 Å². The Hall–Kier alpha value is -6.36. The molecule has 2 heterocycles. The molecule has 1 aromatic heterocycles. The van der Waals surface area contributed by atoms with Gasteiger partial charge in [0.25, 0.3) is 0 Å². The van der Waals surface area contributed by atoms with Gasteiger partial charge in [-0.05, 0) is 96.2 Å². The molecule has 290 valence electrons. The van der Waals surface area contributed by atoms with Gasteiger partial charge >= 0.3 is 0 Å². The first-order chi connectivity index (χ1) is 26.5. The van der Waals surface area contributed by atoms with Crippen LogP contribution in [0.4, 0.5) is 0 Å². The fourth-order valence-corrected chi connectivity index (χ4v) is 8.21. The first-order valence-electron chi connectivity index (χ1n) is 18.4. The lowest BCUT2D eigenvalue weighted by atomic mass is 9.65. The summed E-state index contributed by atoms with van der Waals surface area (Å²) in [5.74, 6) is -5.42. The van der Waals surface area contributed by atoms with Gasteiger partial charge in [0.05, 0.1) is 11.1 Å². The molecule has 1 aliphatic carbocycles. The molecule has 0 fully saturated rings. The minimum atomic E-state index is -1.01. The van der Waals surface area contributed by atoms with Crippen LogP contribution in [0.15, 0.2) is 87.1 Å². The number of ketones is 1. The second-order valence-electron chi connectivity index (χ2n) is 15.7. The Morgan fingerprint density at radius 1 is 0.875 bits per heavy atom. The van der Waals surface area contributed by atoms with Crippen molar-refractivity contribution in [3.8, 4) is 57.3 Å². The van der Waals surface area contributed by atoms with Gasteiger partial charge < -0.3 is 44.9 Å². The summed E-state index contributed by atoms with van der Waals surface area (Å²) in [5.41, 5.74) is 1.26. The highest BCUT2D eigenvalue weighted by molar-refractivity contribution is 6.02. The molecule has 0 spiro atoms. The van der Waals surface area contributed by atoms with Crippen LogP contribution in [0.2, 0.25) is 0 Å². The maximum atomic E-state index is 14.9. The van der Waals surface area contributed by atoms with Crippen LogP contribution in [0.1, 0.15) is 91.9 Å². The zero-order chi connectivity index (χ0) is 40.4. The molecular formula is C45H44O11. The van der Waals surface area contributed by atoms with Gasteiger partial charge in [-0.25, -0.2) is 0 Å². The molecule has 3 atom stereocenters. The number of Topliss-reactive ketones (excluding diaryl/α,β-unsaturated/α-hetero) is 1. The third kappa shape index (κ3) is 6.67. The summed E-state index contributed by atoms with van der Waals surface area (Å²) in [6.45, 7) is 9.39. The monoisotopic (exact) mass is 760 g/mol. The van der Waals surface area contributed by atoms with Crippen LogP contribution < -0.4 is 10.2 Å². The first kappa shape index (κ1) is 37.9. The summed E-state index contributed by atoms with van der Waals surface area (Å²) < 4.78 is 12.6. The Bertz CT molecular complexity index is 2550. The number of rotatable bonds is 7. The van der Waals surface area contributed by atoms with Gasteiger partial charge in [0.15, 0.2) is 5.78 Å². The number of benzene rings is 4. The minimum absolute atomic E-state index is 0.0165. The Balaban J connectivity index is 1.49. The van der Waals surface area contributed by atoms with E-state index in [1.807, 2.05) is 27.7 Å². The van der Waals surface area contributed by atoms with Gasteiger partial charge in [-0.1, -0.05) is 29.4 Å². The van der Waals surface area contributed by atoms with E-state index >= 15 is 0 Å². The van der Waals surface area contributed by atoms with Crippen molar-refractivity contribution >= 4 is 16.8 Å². The Kier molecular flexibility index (Phi) is 9.52. The lowest BCUT2D eigenvalue weighted by molar-refractivity contribution is 0.0830. The van der Waals surface area contributed by atoms with Gasteiger partial charge in [0.2, 0.25) is 5.43 Å². The lowest BCUT2D eigenvalue weighted by Crippen LogP contribution is -2.33. The van der Waals surface area contributed by atoms with Gasteiger partial charge in [0, 0.05) is 52.6 Å². The standard InChI is InChI=1S/C45H44O11/c1-21(2)6-9-29-42(54)39-35(51)20-34(50)38(44(39)55-43(29)26-11-8-24(47)19-33(26)49)30-16-22(3)17-31(37(30)25-10-7-23(46)18-32(25)48)41(53)28-12-13-36-27(40(28)52)14-15-45(4,5)56-36/h6-8,10-13,16,18-20,30-31,37,46-52H,9,14-15,17H2,1-5H3/t30-,31-,37-/m0/s1. The van der Waals surface area contributed by atoms with Crippen molar-refractivity contribution in [3.63, 3.8) is 0 Å². The molecule has 0 amide bonds. The van der Waals surface area contributed by atoms with Crippen LogP contribution in [-0.2, 0) is 12.8 Å². The molecule has 56 heavy (non-hydrogen) atoms. The Morgan fingerprint density at radius 3 is 2.25 bits per heavy atom. The molecular weight excluding hydrogens is 716 g/mol. The van der Waals surface area contributed by atoms with Crippen molar-refractivity contribution in [2.24, 2.45) is 5.92 Å². The van der Waals surface area contributed by atoms with E-state index < -0.39 is 46.1 Å². The molecule has 4 aromatic carbocycles. The number of fused-ring (bicyclic) bond motifs is 2. The topological polar surface area (TPSA) is 198 Å². The number of hydrogen-bond donors (Lipinski definition) is 7. The zero-order valence-electron chi connectivity index (χ0n) is 31.7. The van der Waals surface area contributed by atoms with Crippen molar-refractivity contribution in [1.82, 2.24) is 0 Å². The molecule has 11 heteroatoms. The minimum Gasteiger partial charge on any atom is -0.508 e. The van der Waals surface area contributed by atoms with Crippen LogP contribution >= 0.6 is 0 Å². The van der Waals surface area contributed by atoms with E-state index in [9.17, 15) is 45.3 Å². The van der Waals surface area contributed by atoms with E-state index in [1.165, 1.54) is 30.3 Å².